The van der Waals surface area contributed by atoms with Crippen LogP contribution in [-0.2, 0) is 6.18 Å². The summed E-state index contributed by atoms with van der Waals surface area (Å²) in [4.78, 5) is 6.57. The van der Waals surface area contributed by atoms with Gasteiger partial charge in [0.25, 0.3) is 0 Å². The molecule has 9 heteroatoms. The molecule has 2 heterocycles. The van der Waals surface area contributed by atoms with Crippen molar-refractivity contribution in [3.05, 3.63) is 132 Å². The molecule has 0 spiro atoms. The first-order valence-electron chi connectivity index (χ1n) is 14.0. The molecule has 0 radical (unpaired) electrons. The van der Waals surface area contributed by atoms with Crippen molar-refractivity contribution in [2.45, 2.75) is 37.7 Å². The van der Waals surface area contributed by atoms with Gasteiger partial charge in [0, 0.05) is 28.9 Å². The Morgan fingerprint density at radius 1 is 1.02 bits per heavy atom. The molecule has 0 N–H and O–H groups in total. The van der Waals surface area contributed by atoms with Crippen LogP contribution < -0.4 is 4.90 Å². The Morgan fingerprint density at radius 3 is 2.32 bits per heavy atom. The van der Waals surface area contributed by atoms with Crippen LogP contribution in [0.15, 0.2) is 98.7 Å². The Hall–Kier alpha value is -4.07. The summed E-state index contributed by atoms with van der Waals surface area (Å²) in [5.74, 6) is 0. The van der Waals surface area contributed by atoms with Crippen LogP contribution in [-0.4, -0.2) is 27.2 Å². The average Bonchev–Trinajstić information content (AvgIpc) is 3.48. The van der Waals surface area contributed by atoms with Gasteiger partial charge < -0.3 is 4.90 Å². The summed E-state index contributed by atoms with van der Waals surface area (Å²) < 4.78 is 43.6. The van der Waals surface area contributed by atoms with Gasteiger partial charge >= 0.3 is 6.18 Å². The van der Waals surface area contributed by atoms with Crippen molar-refractivity contribution >= 4 is 51.8 Å². The third-order valence-electron chi connectivity index (χ3n) is 7.28. The molecular formula is C35H33Cl2F3N4. The summed E-state index contributed by atoms with van der Waals surface area (Å²) >= 11 is 12.1. The van der Waals surface area contributed by atoms with Crippen molar-refractivity contribution in [1.29, 1.82) is 0 Å². The highest BCUT2D eigenvalue weighted by Gasteiger charge is 2.37. The number of halogens is 5. The minimum atomic E-state index is -4.63. The molecule has 0 bridgehead atoms. The van der Waals surface area contributed by atoms with E-state index in [0.29, 0.717) is 52.3 Å². The Labute approximate surface area is 266 Å². The molecule has 1 unspecified atom stereocenters. The predicted molar refractivity (Wildman–Crippen MR) is 178 cm³/mol. The van der Waals surface area contributed by atoms with Gasteiger partial charge in [0.05, 0.1) is 34.3 Å². The standard InChI is InChI=1S/C35H33Cl2F3N4/c1-6-24(10-9-11-27(36)8-3)32-21-34(35(38,39)40)44(42-32)33-19-12-26(20-25(33)7-2)23(4)31-18-17-30(22-41-31)43(5)29-15-13-28(37)14-16-29/h7-8,10,12-22,27H,2-4,6,9,11H2,1,5H3/b24-10+. The molecular weight excluding hydrogens is 604 g/mol. The molecule has 2 aromatic heterocycles. The lowest BCUT2D eigenvalue weighted by molar-refractivity contribution is -0.142. The molecule has 0 saturated carbocycles. The van der Waals surface area contributed by atoms with Crippen molar-refractivity contribution < 1.29 is 13.2 Å². The lowest BCUT2D eigenvalue weighted by atomic mass is 10.00. The van der Waals surface area contributed by atoms with Crippen molar-refractivity contribution in [3.63, 3.8) is 0 Å². The van der Waals surface area contributed by atoms with Crippen LogP contribution in [0.25, 0.3) is 22.9 Å². The Balaban J connectivity index is 1.64. The van der Waals surface area contributed by atoms with E-state index in [0.717, 1.165) is 22.1 Å². The van der Waals surface area contributed by atoms with Gasteiger partial charge in [0.2, 0.25) is 0 Å². The minimum Gasteiger partial charge on any atom is -0.343 e. The van der Waals surface area contributed by atoms with Crippen molar-refractivity contribution in [3.8, 4) is 5.69 Å². The number of aromatic nitrogens is 3. The van der Waals surface area contributed by atoms with Gasteiger partial charge in [-0.1, -0.05) is 56.0 Å². The minimum absolute atomic E-state index is 0.208. The van der Waals surface area contributed by atoms with Crippen LogP contribution in [0.2, 0.25) is 5.02 Å². The lowest BCUT2D eigenvalue weighted by Gasteiger charge is -2.19. The van der Waals surface area contributed by atoms with Gasteiger partial charge in [-0.25, -0.2) is 4.68 Å². The number of pyridine rings is 1. The van der Waals surface area contributed by atoms with Crippen LogP contribution >= 0.6 is 23.2 Å². The highest BCUT2D eigenvalue weighted by Crippen LogP contribution is 2.36. The molecule has 0 saturated heterocycles. The fourth-order valence-electron chi connectivity index (χ4n) is 4.71. The fraction of sp³-hybridized carbons (Fsp3) is 0.200. The average molecular weight is 638 g/mol. The fourth-order valence-corrected chi connectivity index (χ4v) is 4.96. The van der Waals surface area contributed by atoms with Crippen LogP contribution in [0.5, 0.6) is 0 Å². The van der Waals surface area contributed by atoms with E-state index in [1.54, 1.807) is 30.5 Å². The lowest BCUT2D eigenvalue weighted by Crippen LogP contribution is -2.14. The molecule has 4 aromatic rings. The monoisotopic (exact) mass is 636 g/mol. The summed E-state index contributed by atoms with van der Waals surface area (Å²) in [6, 6.07) is 17.4. The molecule has 4 nitrogen and oxygen atoms in total. The molecule has 44 heavy (non-hydrogen) atoms. The molecule has 0 aliphatic rings. The van der Waals surface area contributed by atoms with Crippen LogP contribution in [0, 0.1) is 0 Å². The summed E-state index contributed by atoms with van der Waals surface area (Å²) in [7, 11) is 1.93. The first kappa shape index (κ1) is 32.8. The van der Waals surface area contributed by atoms with Gasteiger partial charge in [0.1, 0.15) is 5.69 Å². The molecule has 0 amide bonds. The number of hydrogen-bond donors (Lipinski definition) is 0. The van der Waals surface area contributed by atoms with Gasteiger partial charge in [0.15, 0.2) is 0 Å². The molecule has 4 rings (SSSR count). The van der Waals surface area contributed by atoms with E-state index in [1.807, 2.05) is 61.3 Å². The number of anilines is 2. The highest BCUT2D eigenvalue weighted by atomic mass is 35.5. The van der Waals surface area contributed by atoms with Crippen LogP contribution in [0.3, 0.4) is 0 Å². The Kier molecular flexibility index (Phi) is 10.6. The summed E-state index contributed by atoms with van der Waals surface area (Å²) in [6.45, 7) is 13.6. The van der Waals surface area contributed by atoms with E-state index >= 15 is 0 Å². The topological polar surface area (TPSA) is 34.0 Å². The zero-order valence-corrected chi connectivity index (χ0v) is 26.1. The third kappa shape index (κ3) is 7.52. The normalized spacial score (nSPS) is 12.6. The van der Waals surface area contributed by atoms with Crippen LogP contribution in [0.1, 0.15) is 54.4 Å². The second-order valence-corrected chi connectivity index (χ2v) is 11.1. The van der Waals surface area contributed by atoms with Crippen molar-refractivity contribution in [2.75, 3.05) is 11.9 Å². The van der Waals surface area contributed by atoms with E-state index < -0.39 is 11.9 Å². The van der Waals surface area contributed by atoms with Crippen molar-refractivity contribution in [1.82, 2.24) is 14.8 Å². The quantitative estimate of drug-likeness (QED) is 0.115. The third-order valence-corrected chi connectivity index (χ3v) is 7.93. The SMILES string of the molecule is C=Cc1cc(C(=C)c2ccc(N(C)c3ccc(Cl)cc3)cn2)ccc1-n1nc(/C(=C/CCC(Cl)C=C)CC)cc1C(F)(F)F. The van der Waals surface area contributed by atoms with Gasteiger partial charge in [-0.2, -0.15) is 18.3 Å². The van der Waals surface area contributed by atoms with E-state index in [-0.39, 0.29) is 16.8 Å². The number of alkyl halides is 4. The molecule has 228 valence electrons. The van der Waals surface area contributed by atoms with Gasteiger partial charge in [-0.3, -0.25) is 4.98 Å². The maximum absolute atomic E-state index is 14.2. The predicted octanol–water partition coefficient (Wildman–Crippen LogP) is 10.8. The number of nitrogens with zero attached hydrogens (tertiary/aromatic N) is 4. The Morgan fingerprint density at radius 2 is 1.73 bits per heavy atom. The Bertz CT molecular complexity index is 1670. The molecule has 2 aromatic carbocycles. The zero-order chi connectivity index (χ0) is 32.0. The highest BCUT2D eigenvalue weighted by molar-refractivity contribution is 6.30. The van der Waals surface area contributed by atoms with Gasteiger partial charge in [-0.15, -0.1) is 18.2 Å². The summed E-state index contributed by atoms with van der Waals surface area (Å²) in [6.07, 6.45) is 3.89. The molecule has 0 aliphatic heterocycles. The summed E-state index contributed by atoms with van der Waals surface area (Å²) in [5.41, 5.74) is 4.60. The summed E-state index contributed by atoms with van der Waals surface area (Å²) in [5, 5.41) is 4.86. The number of benzene rings is 2. The van der Waals surface area contributed by atoms with E-state index in [2.05, 4.69) is 29.8 Å². The molecule has 0 fully saturated rings. The zero-order valence-electron chi connectivity index (χ0n) is 24.6. The molecule has 0 aliphatic carbocycles. The van der Waals surface area contributed by atoms with Crippen LogP contribution in [0.4, 0.5) is 24.5 Å². The smallest absolute Gasteiger partial charge is 0.343 e. The number of rotatable bonds is 12. The number of allylic oxidation sites excluding steroid dienone is 3. The number of hydrogen-bond acceptors (Lipinski definition) is 3. The molecule has 1 atom stereocenters. The van der Waals surface area contributed by atoms with E-state index in [9.17, 15) is 13.2 Å². The van der Waals surface area contributed by atoms with E-state index in [1.165, 1.54) is 6.08 Å². The largest absolute Gasteiger partial charge is 0.433 e. The maximum atomic E-state index is 14.2. The first-order valence-corrected chi connectivity index (χ1v) is 14.8. The van der Waals surface area contributed by atoms with Gasteiger partial charge in [-0.05, 0) is 85.0 Å². The second-order valence-electron chi connectivity index (χ2n) is 10.1. The second kappa shape index (κ2) is 14.1. The first-order chi connectivity index (χ1) is 21.0. The van der Waals surface area contributed by atoms with E-state index in [4.69, 9.17) is 23.2 Å². The van der Waals surface area contributed by atoms with Crippen molar-refractivity contribution in [2.24, 2.45) is 0 Å². The maximum Gasteiger partial charge on any atom is 0.433 e.